The minimum absolute atomic E-state index is 0.467. The van der Waals surface area contributed by atoms with Crippen LogP contribution in [0.25, 0.3) is 0 Å². The Labute approximate surface area is 107 Å². The van der Waals surface area contributed by atoms with Gasteiger partial charge in [-0.25, -0.2) is 0 Å². The molecule has 98 valence electrons. The van der Waals surface area contributed by atoms with Gasteiger partial charge in [-0.1, -0.05) is 6.92 Å². The maximum Gasteiger partial charge on any atom is 0.129 e. The van der Waals surface area contributed by atoms with Gasteiger partial charge in [0.1, 0.15) is 24.7 Å². The van der Waals surface area contributed by atoms with Crippen LogP contribution in [-0.2, 0) is 24.5 Å². The predicted octanol–water partition coefficient (Wildman–Crippen LogP) is 3.09. The Hall–Kier alpha value is -1.52. The van der Waals surface area contributed by atoms with Gasteiger partial charge in [-0.05, 0) is 31.2 Å². The van der Waals surface area contributed by atoms with E-state index in [9.17, 15) is 0 Å². The molecule has 0 radical (unpaired) electrons. The van der Waals surface area contributed by atoms with Crippen molar-refractivity contribution in [3.8, 4) is 0 Å². The highest BCUT2D eigenvalue weighted by Gasteiger charge is 2.02. The van der Waals surface area contributed by atoms with Crippen LogP contribution in [0.15, 0.2) is 39.6 Å². The van der Waals surface area contributed by atoms with Crippen LogP contribution >= 0.6 is 0 Å². The van der Waals surface area contributed by atoms with Crippen LogP contribution in [0.5, 0.6) is 0 Å². The molecule has 0 bridgehead atoms. The molecule has 1 N–H and O–H groups in total. The summed E-state index contributed by atoms with van der Waals surface area (Å²) in [6.07, 6.45) is 4.55. The second-order valence-corrected chi connectivity index (χ2v) is 4.17. The van der Waals surface area contributed by atoms with Crippen molar-refractivity contribution in [3.05, 3.63) is 47.8 Å². The molecule has 0 unspecified atom stereocenters. The molecule has 4 heteroatoms. The molecule has 0 aliphatic rings. The van der Waals surface area contributed by atoms with Crippen molar-refractivity contribution in [3.63, 3.8) is 0 Å². The van der Waals surface area contributed by atoms with Crippen molar-refractivity contribution in [1.82, 2.24) is 5.32 Å². The Morgan fingerprint density at radius 3 is 2.89 bits per heavy atom. The minimum atomic E-state index is 0.467. The highest BCUT2D eigenvalue weighted by molar-refractivity contribution is 5.12. The third-order valence-corrected chi connectivity index (χ3v) is 2.53. The summed E-state index contributed by atoms with van der Waals surface area (Å²) >= 11 is 0. The van der Waals surface area contributed by atoms with Crippen LogP contribution < -0.4 is 5.32 Å². The summed E-state index contributed by atoms with van der Waals surface area (Å²) in [7, 11) is 0. The number of nitrogens with one attached hydrogen (secondary N) is 1. The van der Waals surface area contributed by atoms with E-state index >= 15 is 0 Å². The molecule has 2 rings (SSSR count). The smallest absolute Gasteiger partial charge is 0.129 e. The molecular formula is C14H19NO3. The zero-order valence-electron chi connectivity index (χ0n) is 10.6. The Morgan fingerprint density at radius 2 is 2.11 bits per heavy atom. The molecule has 18 heavy (non-hydrogen) atoms. The predicted molar refractivity (Wildman–Crippen MR) is 67.9 cm³/mol. The Balaban J connectivity index is 1.69. The summed E-state index contributed by atoms with van der Waals surface area (Å²) in [4.78, 5) is 0. The number of hydrogen-bond donors (Lipinski definition) is 1. The van der Waals surface area contributed by atoms with E-state index in [-0.39, 0.29) is 0 Å². The molecule has 2 aromatic heterocycles. The van der Waals surface area contributed by atoms with Crippen LogP contribution in [0, 0.1) is 0 Å². The maximum atomic E-state index is 5.50. The lowest BCUT2D eigenvalue weighted by Gasteiger charge is -1.99. The number of rotatable bonds is 8. The van der Waals surface area contributed by atoms with E-state index in [0.717, 1.165) is 36.6 Å². The van der Waals surface area contributed by atoms with Crippen LogP contribution in [0.2, 0.25) is 0 Å². The van der Waals surface area contributed by atoms with Crippen molar-refractivity contribution >= 4 is 0 Å². The zero-order valence-corrected chi connectivity index (χ0v) is 10.6. The first-order valence-electron chi connectivity index (χ1n) is 6.25. The first-order chi connectivity index (χ1) is 8.88. The second kappa shape index (κ2) is 7.03. The highest BCUT2D eigenvalue weighted by atomic mass is 16.5. The lowest BCUT2D eigenvalue weighted by molar-refractivity contribution is 0.0803. The maximum absolute atomic E-state index is 5.50. The van der Waals surface area contributed by atoms with Crippen molar-refractivity contribution in [1.29, 1.82) is 0 Å². The standard InChI is InChI=1S/C14H19NO3/c1-2-5-15-8-12-7-14(18-9-12)11-16-10-13-4-3-6-17-13/h3-4,6-7,9,15H,2,5,8,10-11H2,1H3. The molecule has 0 saturated carbocycles. The van der Waals surface area contributed by atoms with Crippen LogP contribution in [0.1, 0.15) is 30.4 Å². The molecule has 0 spiro atoms. The zero-order chi connectivity index (χ0) is 12.6. The Morgan fingerprint density at radius 1 is 1.22 bits per heavy atom. The summed E-state index contributed by atoms with van der Waals surface area (Å²) < 4.78 is 16.1. The topological polar surface area (TPSA) is 47.5 Å². The van der Waals surface area contributed by atoms with Crippen molar-refractivity contribution in [2.24, 2.45) is 0 Å². The summed E-state index contributed by atoms with van der Waals surface area (Å²) in [5.74, 6) is 1.67. The van der Waals surface area contributed by atoms with Gasteiger partial charge in [0.15, 0.2) is 0 Å². The van der Waals surface area contributed by atoms with Crippen LogP contribution in [0.3, 0.4) is 0 Å². The summed E-state index contributed by atoms with van der Waals surface area (Å²) in [6.45, 7) is 4.95. The molecule has 0 atom stereocenters. The van der Waals surface area contributed by atoms with Crippen molar-refractivity contribution in [2.45, 2.75) is 33.1 Å². The van der Waals surface area contributed by atoms with Gasteiger partial charge in [-0.15, -0.1) is 0 Å². The van der Waals surface area contributed by atoms with Crippen molar-refractivity contribution in [2.75, 3.05) is 6.54 Å². The molecule has 0 aliphatic carbocycles. The van der Waals surface area contributed by atoms with Crippen LogP contribution in [0.4, 0.5) is 0 Å². The van der Waals surface area contributed by atoms with E-state index in [2.05, 4.69) is 12.2 Å². The molecule has 0 fully saturated rings. The molecule has 0 saturated heterocycles. The third kappa shape index (κ3) is 4.05. The minimum Gasteiger partial charge on any atom is -0.467 e. The number of furan rings is 2. The van der Waals surface area contributed by atoms with E-state index in [1.165, 1.54) is 0 Å². The Kier molecular flexibility index (Phi) is 5.05. The van der Waals surface area contributed by atoms with E-state index in [1.807, 2.05) is 18.2 Å². The molecule has 0 aliphatic heterocycles. The summed E-state index contributed by atoms with van der Waals surface area (Å²) in [6, 6.07) is 5.76. The van der Waals surface area contributed by atoms with E-state index < -0.39 is 0 Å². The first kappa shape index (κ1) is 12.9. The quantitative estimate of drug-likeness (QED) is 0.730. The molecule has 0 amide bonds. The average molecular weight is 249 g/mol. The van der Waals surface area contributed by atoms with Crippen LogP contribution in [-0.4, -0.2) is 6.54 Å². The lowest BCUT2D eigenvalue weighted by atomic mass is 10.3. The molecule has 0 aromatic carbocycles. The summed E-state index contributed by atoms with van der Waals surface area (Å²) in [5.41, 5.74) is 1.15. The Bertz CT molecular complexity index is 434. The van der Waals surface area contributed by atoms with E-state index in [4.69, 9.17) is 13.6 Å². The van der Waals surface area contributed by atoms with E-state index in [1.54, 1.807) is 12.5 Å². The van der Waals surface area contributed by atoms with Gasteiger partial charge in [-0.3, -0.25) is 0 Å². The monoisotopic (exact) mass is 249 g/mol. The molecule has 2 aromatic rings. The molecule has 2 heterocycles. The van der Waals surface area contributed by atoms with Gasteiger partial charge in [0.05, 0.1) is 12.5 Å². The average Bonchev–Trinajstić information content (AvgIpc) is 3.01. The summed E-state index contributed by atoms with van der Waals surface area (Å²) in [5, 5.41) is 3.33. The third-order valence-electron chi connectivity index (χ3n) is 2.53. The number of hydrogen-bond acceptors (Lipinski definition) is 4. The van der Waals surface area contributed by atoms with Gasteiger partial charge in [0.25, 0.3) is 0 Å². The van der Waals surface area contributed by atoms with E-state index in [0.29, 0.717) is 13.2 Å². The van der Waals surface area contributed by atoms with Gasteiger partial charge in [0, 0.05) is 12.1 Å². The fraction of sp³-hybridized carbons (Fsp3) is 0.429. The van der Waals surface area contributed by atoms with Gasteiger partial charge in [-0.2, -0.15) is 0 Å². The number of ether oxygens (including phenoxy) is 1. The fourth-order valence-corrected chi connectivity index (χ4v) is 1.65. The highest BCUT2D eigenvalue weighted by Crippen LogP contribution is 2.10. The molecular weight excluding hydrogens is 230 g/mol. The van der Waals surface area contributed by atoms with Gasteiger partial charge in [0.2, 0.25) is 0 Å². The normalized spacial score (nSPS) is 10.9. The van der Waals surface area contributed by atoms with Gasteiger partial charge < -0.3 is 18.9 Å². The second-order valence-electron chi connectivity index (χ2n) is 4.17. The SMILES string of the molecule is CCCNCc1coc(COCc2ccco2)c1. The fourth-order valence-electron chi connectivity index (χ4n) is 1.65. The lowest BCUT2D eigenvalue weighted by Crippen LogP contribution is -2.13. The van der Waals surface area contributed by atoms with Gasteiger partial charge >= 0.3 is 0 Å². The first-order valence-corrected chi connectivity index (χ1v) is 6.25. The molecule has 4 nitrogen and oxygen atoms in total. The largest absolute Gasteiger partial charge is 0.467 e. The van der Waals surface area contributed by atoms with Crippen molar-refractivity contribution < 1.29 is 13.6 Å².